The number of esters is 1. The molecule has 25 heavy (non-hydrogen) atoms. The van der Waals surface area contributed by atoms with Crippen molar-refractivity contribution < 1.29 is 14.3 Å². The first kappa shape index (κ1) is 19.6. The second-order valence-corrected chi connectivity index (χ2v) is 7.68. The molecule has 2 N–H and O–H groups in total. The van der Waals surface area contributed by atoms with Gasteiger partial charge in [-0.25, -0.2) is 4.79 Å². The van der Waals surface area contributed by atoms with E-state index in [1.54, 1.807) is 11.8 Å². The maximum Gasteiger partial charge on any atom is 0.319 e. The van der Waals surface area contributed by atoms with E-state index in [-0.39, 0.29) is 29.4 Å². The Morgan fingerprint density at radius 3 is 2.52 bits per heavy atom. The number of carbonyl (C=O) groups excluding carboxylic acids is 2. The predicted octanol–water partition coefficient (Wildman–Crippen LogP) is 3.48. The molecule has 0 aliphatic heterocycles. The Bertz CT molecular complexity index is 545. The summed E-state index contributed by atoms with van der Waals surface area (Å²) in [6.07, 6.45) is 3.28. The van der Waals surface area contributed by atoms with Gasteiger partial charge in [0.1, 0.15) is 6.10 Å². The number of nitrogens with one attached hydrogen (secondary N) is 2. The van der Waals surface area contributed by atoms with Crippen LogP contribution in [0.5, 0.6) is 0 Å². The van der Waals surface area contributed by atoms with Crippen LogP contribution in [0.25, 0.3) is 0 Å². The summed E-state index contributed by atoms with van der Waals surface area (Å²) in [5.41, 5.74) is 1.21. The second kappa shape index (κ2) is 10.3. The molecule has 0 spiro atoms. The summed E-state index contributed by atoms with van der Waals surface area (Å²) in [6, 6.07) is 10.2. The van der Waals surface area contributed by atoms with Crippen LogP contribution >= 0.6 is 11.8 Å². The smallest absolute Gasteiger partial charge is 0.319 e. The minimum atomic E-state index is -0.175. The van der Waals surface area contributed by atoms with Gasteiger partial charge in [0.25, 0.3) is 0 Å². The topological polar surface area (TPSA) is 67.4 Å². The van der Waals surface area contributed by atoms with E-state index in [1.165, 1.54) is 5.56 Å². The SMILES string of the molecule is CCNC(=O)NC1CCC(OC(=O)[C@H](C)SCc2ccccc2)CC1. The van der Waals surface area contributed by atoms with Crippen molar-refractivity contribution in [2.75, 3.05) is 6.54 Å². The highest BCUT2D eigenvalue weighted by atomic mass is 32.2. The van der Waals surface area contributed by atoms with Crippen molar-refractivity contribution in [2.45, 2.75) is 62.7 Å². The summed E-state index contributed by atoms with van der Waals surface area (Å²) in [5, 5.41) is 5.53. The molecule has 0 heterocycles. The third kappa shape index (κ3) is 6.98. The van der Waals surface area contributed by atoms with E-state index in [0.29, 0.717) is 6.54 Å². The number of benzene rings is 1. The van der Waals surface area contributed by atoms with E-state index in [1.807, 2.05) is 32.0 Å². The molecule has 138 valence electrons. The van der Waals surface area contributed by atoms with Gasteiger partial charge in [-0.1, -0.05) is 30.3 Å². The Morgan fingerprint density at radius 1 is 1.20 bits per heavy atom. The number of thioether (sulfide) groups is 1. The van der Waals surface area contributed by atoms with E-state index >= 15 is 0 Å². The highest BCUT2D eigenvalue weighted by Gasteiger charge is 2.26. The highest BCUT2D eigenvalue weighted by Crippen LogP contribution is 2.24. The molecule has 1 aliphatic rings. The number of urea groups is 1. The summed E-state index contributed by atoms with van der Waals surface area (Å²) >= 11 is 1.60. The average molecular weight is 365 g/mol. The fraction of sp³-hybridized carbons (Fsp3) is 0.579. The number of hydrogen-bond acceptors (Lipinski definition) is 4. The Morgan fingerprint density at radius 2 is 1.88 bits per heavy atom. The first-order chi connectivity index (χ1) is 12.1. The number of ether oxygens (including phenoxy) is 1. The summed E-state index contributed by atoms with van der Waals surface area (Å²) in [4.78, 5) is 23.8. The summed E-state index contributed by atoms with van der Waals surface area (Å²) in [7, 11) is 0. The van der Waals surface area contributed by atoms with E-state index in [0.717, 1.165) is 31.4 Å². The lowest BCUT2D eigenvalue weighted by Crippen LogP contribution is -2.44. The lowest BCUT2D eigenvalue weighted by Gasteiger charge is -2.29. The molecule has 0 unspecified atom stereocenters. The Kier molecular flexibility index (Phi) is 8.12. The maximum atomic E-state index is 12.3. The number of rotatable bonds is 7. The third-order valence-electron chi connectivity index (χ3n) is 4.30. The fourth-order valence-corrected chi connectivity index (χ4v) is 3.67. The lowest BCUT2D eigenvalue weighted by molar-refractivity contribution is -0.149. The van der Waals surface area contributed by atoms with Gasteiger partial charge in [-0.3, -0.25) is 4.79 Å². The van der Waals surface area contributed by atoms with E-state index in [4.69, 9.17) is 4.74 Å². The molecule has 1 saturated carbocycles. The van der Waals surface area contributed by atoms with Gasteiger partial charge in [0.2, 0.25) is 0 Å². The lowest BCUT2D eigenvalue weighted by atomic mass is 9.93. The summed E-state index contributed by atoms with van der Waals surface area (Å²) in [6.45, 7) is 4.42. The first-order valence-corrected chi connectivity index (χ1v) is 10.0. The molecule has 1 fully saturated rings. The van der Waals surface area contributed by atoms with Crippen molar-refractivity contribution in [1.82, 2.24) is 10.6 Å². The average Bonchev–Trinajstić information content (AvgIpc) is 2.62. The summed E-state index contributed by atoms with van der Waals surface area (Å²) in [5.74, 6) is 0.668. The van der Waals surface area contributed by atoms with Crippen LogP contribution in [0.15, 0.2) is 30.3 Å². The molecule has 0 radical (unpaired) electrons. The van der Waals surface area contributed by atoms with Gasteiger partial charge in [0.15, 0.2) is 0 Å². The van der Waals surface area contributed by atoms with Crippen molar-refractivity contribution in [1.29, 1.82) is 0 Å². The largest absolute Gasteiger partial charge is 0.462 e. The Labute approximate surface area is 154 Å². The molecule has 0 saturated heterocycles. The molecule has 1 atom stereocenters. The van der Waals surface area contributed by atoms with E-state index < -0.39 is 0 Å². The molecule has 1 aromatic carbocycles. The molecule has 6 heteroatoms. The van der Waals surface area contributed by atoms with Crippen molar-refractivity contribution >= 4 is 23.8 Å². The van der Waals surface area contributed by atoms with E-state index in [2.05, 4.69) is 22.8 Å². The van der Waals surface area contributed by atoms with Crippen LogP contribution in [0.3, 0.4) is 0 Å². The second-order valence-electron chi connectivity index (χ2n) is 6.35. The molecular weight excluding hydrogens is 336 g/mol. The van der Waals surface area contributed by atoms with Crippen LogP contribution in [0.4, 0.5) is 4.79 Å². The number of amides is 2. The van der Waals surface area contributed by atoms with Crippen molar-refractivity contribution in [2.24, 2.45) is 0 Å². The van der Waals surface area contributed by atoms with Crippen LogP contribution in [0.2, 0.25) is 0 Å². The molecular formula is C19H28N2O3S. The molecule has 2 rings (SSSR count). The van der Waals surface area contributed by atoms with Gasteiger partial charge in [0, 0.05) is 18.3 Å². The van der Waals surface area contributed by atoms with Gasteiger partial charge in [0.05, 0.1) is 5.25 Å². The van der Waals surface area contributed by atoms with Crippen LogP contribution in [0, 0.1) is 0 Å². The quantitative estimate of drug-likeness (QED) is 0.727. The first-order valence-electron chi connectivity index (χ1n) is 8.99. The monoisotopic (exact) mass is 364 g/mol. The van der Waals surface area contributed by atoms with Gasteiger partial charge >= 0.3 is 12.0 Å². The molecule has 0 aromatic heterocycles. The molecule has 5 nitrogen and oxygen atoms in total. The maximum absolute atomic E-state index is 12.3. The summed E-state index contributed by atoms with van der Waals surface area (Å²) < 4.78 is 5.65. The third-order valence-corrected chi connectivity index (χ3v) is 5.50. The Balaban J connectivity index is 1.66. The van der Waals surface area contributed by atoms with Crippen molar-refractivity contribution in [3.63, 3.8) is 0 Å². The normalized spacial score (nSPS) is 21.2. The Hall–Kier alpha value is -1.69. The van der Waals surface area contributed by atoms with Crippen LogP contribution in [0.1, 0.15) is 45.1 Å². The zero-order valence-corrected chi connectivity index (χ0v) is 15.8. The highest BCUT2D eigenvalue weighted by molar-refractivity contribution is 7.99. The fourth-order valence-electron chi connectivity index (χ4n) is 2.85. The number of carbonyl (C=O) groups is 2. The zero-order chi connectivity index (χ0) is 18.1. The van der Waals surface area contributed by atoms with Crippen molar-refractivity contribution in [3.8, 4) is 0 Å². The van der Waals surface area contributed by atoms with Gasteiger partial charge in [-0.2, -0.15) is 0 Å². The van der Waals surface area contributed by atoms with Gasteiger partial charge < -0.3 is 15.4 Å². The molecule has 1 aliphatic carbocycles. The molecule has 1 aromatic rings. The minimum absolute atomic E-state index is 0.0282. The minimum Gasteiger partial charge on any atom is -0.462 e. The van der Waals surface area contributed by atoms with Crippen molar-refractivity contribution in [3.05, 3.63) is 35.9 Å². The predicted molar refractivity (Wildman–Crippen MR) is 102 cm³/mol. The van der Waals surface area contributed by atoms with Crippen LogP contribution in [-0.4, -0.2) is 35.9 Å². The van der Waals surface area contributed by atoms with Crippen LogP contribution in [-0.2, 0) is 15.3 Å². The molecule has 2 amide bonds. The van der Waals surface area contributed by atoms with Gasteiger partial charge in [-0.05, 0) is 45.1 Å². The number of hydrogen-bond donors (Lipinski definition) is 2. The molecule has 0 bridgehead atoms. The van der Waals surface area contributed by atoms with E-state index in [9.17, 15) is 9.59 Å². The van der Waals surface area contributed by atoms with Gasteiger partial charge in [-0.15, -0.1) is 11.8 Å². The standard InChI is InChI=1S/C19H28N2O3S/c1-3-20-19(23)21-16-9-11-17(12-10-16)24-18(22)14(2)25-13-15-7-5-4-6-8-15/h4-8,14,16-17H,3,9-13H2,1-2H3,(H2,20,21,23)/t14-,16?,17?/m0/s1. The van der Waals surface area contributed by atoms with Crippen LogP contribution < -0.4 is 10.6 Å². The zero-order valence-electron chi connectivity index (χ0n) is 15.0.